The molecule has 29 heavy (non-hydrogen) atoms. The first-order chi connectivity index (χ1) is 14.0. The molecule has 0 atom stereocenters. The molecule has 0 aliphatic heterocycles. The number of hydrazone groups is 1. The Morgan fingerprint density at radius 2 is 2.00 bits per heavy atom. The standard InChI is InChI=1S/C21H18BrIN2O4/c1-13-3-8-18(29-13)21(26)25-24-11-15-9-17(23)20(19(10-15)27-2)28-12-14-4-6-16(22)7-5-14/h3-11H,12H2,1-2H3,(H,25,26)/b24-11-. The summed E-state index contributed by atoms with van der Waals surface area (Å²) in [7, 11) is 1.58. The first-order valence-electron chi connectivity index (χ1n) is 8.61. The predicted octanol–water partition coefficient (Wildman–Crippen LogP) is 5.31. The average molecular weight is 569 g/mol. The molecule has 0 bridgehead atoms. The first-order valence-corrected chi connectivity index (χ1v) is 10.5. The molecule has 0 radical (unpaired) electrons. The number of hydrogen-bond acceptors (Lipinski definition) is 5. The van der Waals surface area contributed by atoms with Crippen LogP contribution in [0, 0.1) is 10.5 Å². The van der Waals surface area contributed by atoms with E-state index in [1.54, 1.807) is 32.2 Å². The lowest BCUT2D eigenvalue weighted by molar-refractivity contribution is 0.0926. The lowest BCUT2D eigenvalue weighted by Crippen LogP contribution is -2.16. The van der Waals surface area contributed by atoms with Crippen LogP contribution in [0.5, 0.6) is 11.5 Å². The molecule has 0 aliphatic carbocycles. The van der Waals surface area contributed by atoms with E-state index in [1.807, 2.05) is 30.3 Å². The lowest BCUT2D eigenvalue weighted by atomic mass is 10.2. The monoisotopic (exact) mass is 568 g/mol. The van der Waals surface area contributed by atoms with Gasteiger partial charge >= 0.3 is 5.91 Å². The van der Waals surface area contributed by atoms with Gasteiger partial charge in [-0.2, -0.15) is 5.10 Å². The van der Waals surface area contributed by atoms with Crippen molar-refractivity contribution in [3.8, 4) is 11.5 Å². The summed E-state index contributed by atoms with van der Waals surface area (Å²) in [5, 5.41) is 3.99. The van der Waals surface area contributed by atoms with Crippen molar-refractivity contribution in [2.24, 2.45) is 5.10 Å². The number of carbonyl (C=O) groups is 1. The zero-order valence-corrected chi connectivity index (χ0v) is 19.5. The Morgan fingerprint density at radius 1 is 1.24 bits per heavy atom. The first kappa shape index (κ1) is 21.4. The van der Waals surface area contributed by atoms with Gasteiger partial charge in [0.15, 0.2) is 17.3 Å². The molecule has 150 valence electrons. The van der Waals surface area contributed by atoms with E-state index in [-0.39, 0.29) is 5.76 Å². The Hall–Kier alpha value is -2.33. The van der Waals surface area contributed by atoms with Crippen molar-refractivity contribution >= 4 is 50.6 Å². The van der Waals surface area contributed by atoms with Crippen molar-refractivity contribution in [1.29, 1.82) is 0 Å². The molecular formula is C21H18BrIN2O4. The molecule has 0 fully saturated rings. The number of benzene rings is 2. The minimum absolute atomic E-state index is 0.212. The molecule has 1 aromatic heterocycles. The zero-order valence-electron chi connectivity index (χ0n) is 15.7. The third-order valence-electron chi connectivity index (χ3n) is 3.89. The highest BCUT2D eigenvalue weighted by atomic mass is 127. The van der Waals surface area contributed by atoms with Crippen LogP contribution in [-0.4, -0.2) is 19.2 Å². The van der Waals surface area contributed by atoms with Crippen molar-refractivity contribution in [3.05, 3.63) is 79.2 Å². The molecule has 2 aromatic carbocycles. The summed E-state index contributed by atoms with van der Waals surface area (Å²) in [6, 6.07) is 14.9. The van der Waals surface area contributed by atoms with Crippen LogP contribution in [0.25, 0.3) is 0 Å². The topological polar surface area (TPSA) is 73.1 Å². The molecule has 1 heterocycles. The number of nitrogens with one attached hydrogen (secondary N) is 1. The van der Waals surface area contributed by atoms with Gasteiger partial charge in [-0.3, -0.25) is 4.79 Å². The number of rotatable bonds is 7. The highest BCUT2D eigenvalue weighted by Gasteiger charge is 2.12. The molecular weight excluding hydrogens is 551 g/mol. The van der Waals surface area contributed by atoms with Crippen LogP contribution in [-0.2, 0) is 6.61 Å². The number of hydrogen-bond donors (Lipinski definition) is 1. The van der Waals surface area contributed by atoms with Crippen molar-refractivity contribution < 1.29 is 18.7 Å². The zero-order chi connectivity index (χ0) is 20.8. The molecule has 3 aromatic rings. The smallest absolute Gasteiger partial charge is 0.307 e. The number of furan rings is 1. The van der Waals surface area contributed by atoms with Crippen LogP contribution < -0.4 is 14.9 Å². The van der Waals surface area contributed by atoms with Crippen molar-refractivity contribution in [2.75, 3.05) is 7.11 Å². The second-order valence-corrected chi connectivity index (χ2v) is 8.14. The normalized spacial score (nSPS) is 10.9. The van der Waals surface area contributed by atoms with Crippen molar-refractivity contribution in [3.63, 3.8) is 0 Å². The van der Waals surface area contributed by atoms with Gasteiger partial charge in [0.2, 0.25) is 0 Å². The quantitative estimate of drug-likeness (QED) is 0.238. The second-order valence-electron chi connectivity index (χ2n) is 6.06. The number of amides is 1. The maximum atomic E-state index is 12.0. The van der Waals surface area contributed by atoms with E-state index in [0.717, 1.165) is 19.2 Å². The van der Waals surface area contributed by atoms with Crippen molar-refractivity contribution in [2.45, 2.75) is 13.5 Å². The third-order valence-corrected chi connectivity index (χ3v) is 5.22. The number of methoxy groups -OCH3 is 1. The fraction of sp³-hybridized carbons (Fsp3) is 0.143. The van der Waals surface area contributed by atoms with E-state index >= 15 is 0 Å². The fourth-order valence-corrected chi connectivity index (χ4v) is 3.51. The Bertz CT molecular complexity index is 1030. The molecule has 0 spiro atoms. The van der Waals surface area contributed by atoms with Gasteiger partial charge in [0, 0.05) is 4.47 Å². The average Bonchev–Trinajstić information content (AvgIpc) is 3.14. The number of nitrogens with zero attached hydrogens (tertiary/aromatic N) is 1. The molecule has 0 saturated heterocycles. The van der Waals surface area contributed by atoms with Gasteiger partial charge in [-0.15, -0.1) is 0 Å². The Balaban J connectivity index is 1.68. The van der Waals surface area contributed by atoms with E-state index in [4.69, 9.17) is 13.9 Å². The summed E-state index contributed by atoms with van der Waals surface area (Å²) in [5.74, 6) is 1.71. The third kappa shape index (κ3) is 5.83. The molecule has 0 unspecified atom stereocenters. The maximum Gasteiger partial charge on any atom is 0.307 e. The summed E-state index contributed by atoms with van der Waals surface area (Å²) in [6.45, 7) is 2.19. The van der Waals surface area contributed by atoms with Gasteiger partial charge in [-0.05, 0) is 77.0 Å². The molecule has 1 amide bonds. The van der Waals surface area contributed by atoms with Gasteiger partial charge < -0.3 is 13.9 Å². The number of ether oxygens (including phenoxy) is 2. The van der Waals surface area contributed by atoms with Crippen LogP contribution in [0.15, 0.2) is 62.5 Å². The second kappa shape index (κ2) is 9.93. The number of carbonyl (C=O) groups excluding carboxylic acids is 1. The van der Waals surface area contributed by atoms with Crippen LogP contribution in [0.2, 0.25) is 0 Å². The van der Waals surface area contributed by atoms with Gasteiger partial charge in [-0.1, -0.05) is 28.1 Å². The highest BCUT2D eigenvalue weighted by molar-refractivity contribution is 14.1. The Morgan fingerprint density at radius 3 is 2.66 bits per heavy atom. The van der Waals surface area contributed by atoms with E-state index < -0.39 is 5.91 Å². The van der Waals surface area contributed by atoms with Gasteiger partial charge in [0.05, 0.1) is 16.9 Å². The SMILES string of the molecule is COc1cc(/C=N\NC(=O)c2ccc(C)o2)cc(I)c1OCc1ccc(Br)cc1. The van der Waals surface area contributed by atoms with Crippen molar-refractivity contribution in [1.82, 2.24) is 5.43 Å². The minimum atomic E-state index is -0.412. The summed E-state index contributed by atoms with van der Waals surface area (Å²) in [5.41, 5.74) is 4.25. The molecule has 8 heteroatoms. The lowest BCUT2D eigenvalue weighted by Gasteiger charge is -2.13. The summed E-state index contributed by atoms with van der Waals surface area (Å²) < 4.78 is 18.6. The predicted molar refractivity (Wildman–Crippen MR) is 123 cm³/mol. The highest BCUT2D eigenvalue weighted by Crippen LogP contribution is 2.34. The van der Waals surface area contributed by atoms with Crippen LogP contribution in [0.3, 0.4) is 0 Å². The molecule has 3 rings (SSSR count). The van der Waals surface area contributed by atoms with E-state index in [2.05, 4.69) is 49.0 Å². The molecule has 1 N–H and O–H groups in total. The van der Waals surface area contributed by atoms with Crippen LogP contribution in [0.4, 0.5) is 0 Å². The summed E-state index contributed by atoms with van der Waals surface area (Å²) in [6.07, 6.45) is 1.54. The number of halogens is 2. The van der Waals surface area contributed by atoms with E-state index in [1.165, 1.54) is 6.21 Å². The van der Waals surface area contributed by atoms with Crippen LogP contribution in [0.1, 0.15) is 27.4 Å². The van der Waals surface area contributed by atoms with Gasteiger partial charge in [-0.25, -0.2) is 5.43 Å². The largest absolute Gasteiger partial charge is 0.493 e. The summed E-state index contributed by atoms with van der Waals surface area (Å²) in [4.78, 5) is 12.0. The maximum absolute atomic E-state index is 12.0. The molecule has 6 nitrogen and oxygen atoms in total. The van der Waals surface area contributed by atoms with Gasteiger partial charge in [0.25, 0.3) is 0 Å². The van der Waals surface area contributed by atoms with Gasteiger partial charge in [0.1, 0.15) is 12.4 Å². The molecule has 0 saturated carbocycles. The fourth-order valence-electron chi connectivity index (χ4n) is 2.47. The molecule has 0 aliphatic rings. The van der Waals surface area contributed by atoms with E-state index in [0.29, 0.717) is 23.9 Å². The Kier molecular flexibility index (Phi) is 7.32. The van der Waals surface area contributed by atoms with E-state index in [9.17, 15) is 4.79 Å². The minimum Gasteiger partial charge on any atom is -0.493 e. The Labute approximate surface area is 190 Å². The van der Waals surface area contributed by atoms with Crippen LogP contribution >= 0.6 is 38.5 Å². The summed E-state index contributed by atoms with van der Waals surface area (Å²) >= 11 is 5.61. The number of aryl methyl sites for hydroxylation is 1.